The molecule has 16 heavy (non-hydrogen) atoms. The molecule has 2 amide bonds. The van der Waals surface area contributed by atoms with Gasteiger partial charge in [-0.25, -0.2) is 9.59 Å². The second-order valence-corrected chi connectivity index (χ2v) is 4.23. The van der Waals surface area contributed by atoms with Crippen LogP contribution in [-0.2, 0) is 9.47 Å². The van der Waals surface area contributed by atoms with E-state index in [1.165, 1.54) is 0 Å². The molecule has 0 aromatic rings. The van der Waals surface area contributed by atoms with Gasteiger partial charge in [-0.2, -0.15) is 0 Å². The summed E-state index contributed by atoms with van der Waals surface area (Å²) in [6.07, 6.45) is -0.660. The van der Waals surface area contributed by atoms with Crippen LogP contribution in [0.4, 0.5) is 9.59 Å². The Morgan fingerprint density at radius 3 is 1.56 bits per heavy atom. The Balaban J connectivity index is 1.52. The summed E-state index contributed by atoms with van der Waals surface area (Å²) in [6, 6.07) is 0.571. The van der Waals surface area contributed by atoms with Crippen molar-refractivity contribution in [3.63, 3.8) is 0 Å². The molecular weight excluding hydrogens is 212 g/mol. The molecule has 0 aromatic carbocycles. The first-order valence-electron chi connectivity index (χ1n) is 5.46. The zero-order valence-corrected chi connectivity index (χ0v) is 9.51. The lowest BCUT2D eigenvalue weighted by molar-refractivity contribution is 0.0805. The van der Waals surface area contributed by atoms with Gasteiger partial charge in [-0.05, 0) is 13.8 Å². The van der Waals surface area contributed by atoms with Gasteiger partial charge in [0.15, 0.2) is 0 Å². The minimum Gasteiger partial charge on any atom is -0.446 e. The summed E-state index contributed by atoms with van der Waals surface area (Å²) in [5.41, 5.74) is 0. The van der Waals surface area contributed by atoms with Crippen LogP contribution < -0.4 is 0 Å². The van der Waals surface area contributed by atoms with E-state index in [1.807, 2.05) is 13.8 Å². The first-order valence-corrected chi connectivity index (χ1v) is 5.46. The molecule has 0 N–H and O–H groups in total. The fourth-order valence-electron chi connectivity index (χ4n) is 1.41. The molecule has 2 atom stereocenters. The average Bonchev–Trinajstić information content (AvgIpc) is 3.11. The monoisotopic (exact) mass is 228 g/mol. The van der Waals surface area contributed by atoms with E-state index in [2.05, 4.69) is 0 Å². The van der Waals surface area contributed by atoms with Crippen LogP contribution in [-0.4, -0.2) is 60.4 Å². The van der Waals surface area contributed by atoms with Gasteiger partial charge in [-0.15, -0.1) is 0 Å². The normalized spacial score (nSPS) is 26.4. The van der Waals surface area contributed by atoms with Crippen LogP contribution in [0.3, 0.4) is 0 Å². The third-order valence-corrected chi connectivity index (χ3v) is 2.72. The third kappa shape index (κ3) is 2.56. The van der Waals surface area contributed by atoms with Gasteiger partial charge < -0.3 is 19.3 Å². The Hall–Kier alpha value is -1.46. The highest BCUT2D eigenvalue weighted by Gasteiger charge is 2.36. The minimum absolute atomic E-state index is 0.121. The zero-order valence-electron chi connectivity index (χ0n) is 9.51. The number of carbonyl (C=O) groups excluding carboxylic acids is 2. The maximum absolute atomic E-state index is 11.2. The summed E-state index contributed by atoms with van der Waals surface area (Å²) in [5, 5.41) is 0. The smallest absolute Gasteiger partial charge is 0.410 e. The fraction of sp³-hybridized carbons (Fsp3) is 0.800. The number of carbonyl (C=O) groups is 2. The van der Waals surface area contributed by atoms with Crippen molar-refractivity contribution < 1.29 is 19.1 Å². The van der Waals surface area contributed by atoms with Crippen molar-refractivity contribution in [2.75, 3.05) is 26.3 Å². The third-order valence-electron chi connectivity index (χ3n) is 2.72. The standard InChI is InChI=1S/C10H16N2O4/c1-7-5-11(7)9(13)15-3-4-16-10(14)12-6-8(12)2/h7-8H,3-6H2,1-2H3/t7-,8+,11?,12?. The van der Waals surface area contributed by atoms with Crippen LogP contribution in [0.2, 0.25) is 0 Å². The van der Waals surface area contributed by atoms with E-state index in [9.17, 15) is 9.59 Å². The molecule has 6 heteroatoms. The molecule has 6 nitrogen and oxygen atoms in total. The van der Waals surface area contributed by atoms with Crippen molar-refractivity contribution in [1.82, 2.24) is 9.80 Å². The molecule has 2 aliphatic heterocycles. The van der Waals surface area contributed by atoms with Crippen molar-refractivity contribution >= 4 is 12.2 Å². The molecule has 0 radical (unpaired) electrons. The summed E-state index contributed by atoms with van der Waals surface area (Å²) in [4.78, 5) is 25.6. The SMILES string of the molecule is C[C@@H]1CN1C(=O)OCCOC(=O)N1C[C@@H]1C. The largest absolute Gasteiger partial charge is 0.446 e. The van der Waals surface area contributed by atoms with Crippen molar-refractivity contribution in [3.05, 3.63) is 0 Å². The quantitative estimate of drug-likeness (QED) is 0.526. The van der Waals surface area contributed by atoms with Gasteiger partial charge in [0.1, 0.15) is 13.2 Å². The van der Waals surface area contributed by atoms with Crippen LogP contribution in [0.1, 0.15) is 13.8 Å². The fourth-order valence-corrected chi connectivity index (χ4v) is 1.41. The van der Waals surface area contributed by atoms with E-state index in [1.54, 1.807) is 9.80 Å². The molecule has 0 aliphatic carbocycles. The van der Waals surface area contributed by atoms with Gasteiger partial charge >= 0.3 is 12.2 Å². The van der Waals surface area contributed by atoms with E-state index >= 15 is 0 Å². The molecule has 0 spiro atoms. The van der Waals surface area contributed by atoms with Gasteiger partial charge in [0.05, 0.1) is 12.1 Å². The van der Waals surface area contributed by atoms with Crippen molar-refractivity contribution in [2.45, 2.75) is 25.9 Å². The minimum atomic E-state index is -0.330. The highest BCUT2D eigenvalue weighted by molar-refractivity contribution is 5.71. The molecule has 0 saturated carbocycles. The van der Waals surface area contributed by atoms with E-state index in [4.69, 9.17) is 9.47 Å². The number of ether oxygens (including phenoxy) is 2. The summed E-state index contributed by atoms with van der Waals surface area (Å²) in [5.74, 6) is 0. The summed E-state index contributed by atoms with van der Waals surface area (Å²) < 4.78 is 9.81. The molecule has 2 rings (SSSR count). The molecule has 0 unspecified atom stereocenters. The molecule has 90 valence electrons. The van der Waals surface area contributed by atoms with Crippen LogP contribution in [0, 0.1) is 0 Å². The second-order valence-electron chi connectivity index (χ2n) is 4.23. The number of amides is 2. The van der Waals surface area contributed by atoms with E-state index in [0.29, 0.717) is 0 Å². The Kier molecular flexibility index (Phi) is 2.89. The zero-order chi connectivity index (χ0) is 11.7. The predicted molar refractivity (Wildman–Crippen MR) is 55.0 cm³/mol. The maximum Gasteiger partial charge on any atom is 0.410 e. The lowest BCUT2D eigenvalue weighted by Crippen LogP contribution is -2.21. The molecule has 2 fully saturated rings. The number of nitrogens with zero attached hydrogens (tertiary/aromatic N) is 2. The Bertz CT molecular complexity index is 277. The van der Waals surface area contributed by atoms with Crippen molar-refractivity contribution in [3.8, 4) is 0 Å². The van der Waals surface area contributed by atoms with Crippen molar-refractivity contribution in [1.29, 1.82) is 0 Å². The summed E-state index contributed by atoms with van der Waals surface area (Å²) in [7, 11) is 0. The van der Waals surface area contributed by atoms with E-state index < -0.39 is 0 Å². The number of rotatable bonds is 3. The highest BCUT2D eigenvalue weighted by Crippen LogP contribution is 2.18. The molecule has 2 heterocycles. The first-order chi connectivity index (χ1) is 7.59. The first kappa shape index (κ1) is 11.0. The Morgan fingerprint density at radius 2 is 1.31 bits per heavy atom. The molecule has 2 saturated heterocycles. The Morgan fingerprint density at radius 1 is 1.00 bits per heavy atom. The lowest BCUT2D eigenvalue weighted by Gasteiger charge is -2.07. The number of hydrogen-bond donors (Lipinski definition) is 0. The molecule has 2 aliphatic rings. The van der Waals surface area contributed by atoms with Crippen LogP contribution in [0.15, 0.2) is 0 Å². The topological polar surface area (TPSA) is 58.6 Å². The van der Waals surface area contributed by atoms with Crippen LogP contribution in [0.5, 0.6) is 0 Å². The Labute approximate surface area is 94.1 Å². The second kappa shape index (κ2) is 4.19. The van der Waals surface area contributed by atoms with Crippen molar-refractivity contribution in [2.24, 2.45) is 0 Å². The summed E-state index contributed by atoms with van der Waals surface area (Å²) in [6.45, 7) is 5.64. The van der Waals surface area contributed by atoms with Crippen LogP contribution in [0.25, 0.3) is 0 Å². The molecule has 0 aromatic heterocycles. The summed E-state index contributed by atoms with van der Waals surface area (Å²) >= 11 is 0. The van der Waals surface area contributed by atoms with Gasteiger partial charge in [0.2, 0.25) is 0 Å². The molecule has 0 bridgehead atoms. The van der Waals surface area contributed by atoms with Crippen LogP contribution >= 0.6 is 0 Å². The number of hydrogen-bond acceptors (Lipinski definition) is 4. The molecular formula is C10H16N2O4. The van der Waals surface area contributed by atoms with Gasteiger partial charge in [-0.3, -0.25) is 0 Å². The van der Waals surface area contributed by atoms with E-state index in [0.717, 1.165) is 13.1 Å². The van der Waals surface area contributed by atoms with E-state index in [-0.39, 0.29) is 37.5 Å². The maximum atomic E-state index is 11.2. The predicted octanol–water partition coefficient (Wildman–Crippen LogP) is 0.668. The average molecular weight is 228 g/mol. The van der Waals surface area contributed by atoms with Gasteiger partial charge in [-0.1, -0.05) is 0 Å². The lowest BCUT2D eigenvalue weighted by atomic mass is 10.6. The highest BCUT2D eigenvalue weighted by atomic mass is 16.6. The van der Waals surface area contributed by atoms with Gasteiger partial charge in [0.25, 0.3) is 0 Å². The van der Waals surface area contributed by atoms with Gasteiger partial charge in [0, 0.05) is 13.1 Å².